The smallest absolute Gasteiger partial charge is 0.321 e. The summed E-state index contributed by atoms with van der Waals surface area (Å²) < 4.78 is 5.62. The summed E-state index contributed by atoms with van der Waals surface area (Å²) in [5, 5.41) is 2.90. The molecule has 2 rings (SSSR count). The van der Waals surface area contributed by atoms with Crippen LogP contribution < -0.4 is 5.32 Å². The lowest BCUT2D eigenvalue weighted by molar-refractivity contribution is 0.0773. The molecule has 0 bridgehead atoms. The van der Waals surface area contributed by atoms with Gasteiger partial charge in [-0.1, -0.05) is 6.07 Å². The van der Waals surface area contributed by atoms with Gasteiger partial charge in [0.15, 0.2) is 0 Å². The first kappa shape index (κ1) is 19.2. The Labute approximate surface area is 150 Å². The van der Waals surface area contributed by atoms with Crippen LogP contribution in [0.25, 0.3) is 0 Å². The number of nitrogens with zero attached hydrogens (tertiary/aromatic N) is 2. The molecule has 138 valence electrons. The summed E-state index contributed by atoms with van der Waals surface area (Å²) in [5.74, 6) is -0.0206. The molecule has 1 heterocycles. The maximum atomic E-state index is 12.5. The van der Waals surface area contributed by atoms with Gasteiger partial charge in [-0.05, 0) is 51.8 Å². The first-order valence-electron chi connectivity index (χ1n) is 9.15. The maximum absolute atomic E-state index is 12.5. The molecule has 0 saturated carbocycles. The molecule has 1 aromatic carbocycles. The Morgan fingerprint density at radius 2 is 1.88 bits per heavy atom. The van der Waals surface area contributed by atoms with Gasteiger partial charge in [0.2, 0.25) is 0 Å². The van der Waals surface area contributed by atoms with Crippen molar-refractivity contribution in [1.29, 1.82) is 0 Å². The molecule has 1 atom stereocenters. The van der Waals surface area contributed by atoms with E-state index in [1.54, 1.807) is 34.1 Å². The number of anilines is 1. The Kier molecular flexibility index (Phi) is 7.25. The molecular formula is C19H29N3O3. The molecule has 6 heteroatoms. The van der Waals surface area contributed by atoms with Crippen molar-refractivity contribution in [2.24, 2.45) is 0 Å². The van der Waals surface area contributed by atoms with Gasteiger partial charge in [-0.15, -0.1) is 0 Å². The van der Waals surface area contributed by atoms with Crippen LogP contribution in [-0.4, -0.2) is 60.6 Å². The third-order valence-corrected chi connectivity index (χ3v) is 4.53. The van der Waals surface area contributed by atoms with Crippen LogP contribution in [0.2, 0.25) is 0 Å². The van der Waals surface area contributed by atoms with Crippen molar-refractivity contribution in [2.45, 2.75) is 39.7 Å². The van der Waals surface area contributed by atoms with E-state index in [4.69, 9.17) is 4.74 Å². The van der Waals surface area contributed by atoms with Crippen molar-refractivity contribution >= 4 is 17.6 Å². The van der Waals surface area contributed by atoms with Gasteiger partial charge in [0.05, 0.1) is 6.10 Å². The highest BCUT2D eigenvalue weighted by atomic mass is 16.5. The number of benzene rings is 1. The van der Waals surface area contributed by atoms with E-state index in [-0.39, 0.29) is 18.0 Å². The number of rotatable bonds is 7. The van der Waals surface area contributed by atoms with Crippen LogP contribution in [-0.2, 0) is 4.74 Å². The largest absolute Gasteiger partial charge is 0.376 e. The summed E-state index contributed by atoms with van der Waals surface area (Å²) in [6, 6.07) is 6.95. The lowest BCUT2D eigenvalue weighted by atomic mass is 10.1. The molecule has 0 aromatic heterocycles. The van der Waals surface area contributed by atoms with Crippen LogP contribution in [0.3, 0.4) is 0 Å². The highest BCUT2D eigenvalue weighted by Gasteiger charge is 2.22. The summed E-state index contributed by atoms with van der Waals surface area (Å²) in [6.07, 6.45) is 2.18. The van der Waals surface area contributed by atoms with Crippen molar-refractivity contribution in [2.75, 3.05) is 38.1 Å². The summed E-state index contributed by atoms with van der Waals surface area (Å²) in [4.78, 5) is 28.5. The second-order valence-electron chi connectivity index (χ2n) is 6.16. The quantitative estimate of drug-likeness (QED) is 0.824. The molecule has 1 saturated heterocycles. The topological polar surface area (TPSA) is 61.9 Å². The monoisotopic (exact) mass is 347 g/mol. The zero-order chi connectivity index (χ0) is 18.2. The van der Waals surface area contributed by atoms with Crippen LogP contribution in [0.4, 0.5) is 10.5 Å². The van der Waals surface area contributed by atoms with Crippen molar-refractivity contribution in [1.82, 2.24) is 9.80 Å². The predicted molar refractivity (Wildman–Crippen MR) is 98.9 cm³/mol. The maximum Gasteiger partial charge on any atom is 0.321 e. The van der Waals surface area contributed by atoms with Crippen LogP contribution in [0.1, 0.15) is 44.0 Å². The van der Waals surface area contributed by atoms with Crippen molar-refractivity contribution < 1.29 is 14.3 Å². The Balaban J connectivity index is 2.02. The number of carbonyl (C=O) groups is 2. The number of amides is 3. The predicted octanol–water partition coefficient (Wildman–Crippen LogP) is 3.20. The van der Waals surface area contributed by atoms with E-state index >= 15 is 0 Å². The van der Waals surface area contributed by atoms with Gasteiger partial charge in [-0.3, -0.25) is 4.79 Å². The average Bonchev–Trinajstić information content (AvgIpc) is 3.14. The fraction of sp³-hybridized carbons (Fsp3) is 0.579. The van der Waals surface area contributed by atoms with Crippen LogP contribution in [0.5, 0.6) is 0 Å². The summed E-state index contributed by atoms with van der Waals surface area (Å²) in [5.41, 5.74) is 1.22. The van der Waals surface area contributed by atoms with Gasteiger partial charge in [-0.2, -0.15) is 0 Å². The van der Waals surface area contributed by atoms with Crippen molar-refractivity contribution in [3.63, 3.8) is 0 Å². The van der Waals surface area contributed by atoms with Crippen molar-refractivity contribution in [3.8, 4) is 0 Å². The van der Waals surface area contributed by atoms with Gasteiger partial charge >= 0.3 is 6.03 Å². The van der Waals surface area contributed by atoms with E-state index < -0.39 is 0 Å². The molecule has 1 aliphatic heterocycles. The summed E-state index contributed by atoms with van der Waals surface area (Å²) in [6.45, 7) is 9.18. The fourth-order valence-corrected chi connectivity index (χ4v) is 3.02. The fourth-order valence-electron chi connectivity index (χ4n) is 3.02. The molecule has 1 unspecified atom stereocenters. The van der Waals surface area contributed by atoms with E-state index in [9.17, 15) is 9.59 Å². The molecule has 25 heavy (non-hydrogen) atoms. The molecule has 1 fully saturated rings. The third-order valence-electron chi connectivity index (χ3n) is 4.53. The normalized spacial score (nSPS) is 16.5. The molecule has 1 aromatic rings. The molecular weight excluding hydrogens is 318 g/mol. The van der Waals surface area contributed by atoms with E-state index in [1.165, 1.54) is 0 Å². The van der Waals surface area contributed by atoms with E-state index in [1.807, 2.05) is 20.8 Å². The Morgan fingerprint density at radius 3 is 2.48 bits per heavy atom. The van der Waals surface area contributed by atoms with Gasteiger partial charge in [-0.25, -0.2) is 4.79 Å². The lowest BCUT2D eigenvalue weighted by Crippen LogP contribution is -2.40. The average molecular weight is 347 g/mol. The second kappa shape index (κ2) is 9.42. The second-order valence-corrected chi connectivity index (χ2v) is 6.16. The standard InChI is InChI=1S/C19H29N3O3/c1-4-21(5-2)18(23)15-9-7-10-16(13-15)20-19(24)22(6-3)14-17-11-8-12-25-17/h7,9-10,13,17H,4-6,8,11-12,14H2,1-3H3,(H,20,24). The van der Waals surface area contributed by atoms with Gasteiger partial charge < -0.3 is 19.9 Å². The van der Waals surface area contributed by atoms with E-state index in [0.717, 1.165) is 19.4 Å². The minimum Gasteiger partial charge on any atom is -0.376 e. The molecule has 3 amide bonds. The summed E-state index contributed by atoms with van der Waals surface area (Å²) in [7, 11) is 0. The van der Waals surface area contributed by atoms with Crippen molar-refractivity contribution in [3.05, 3.63) is 29.8 Å². The van der Waals surface area contributed by atoms with E-state index in [2.05, 4.69) is 5.32 Å². The molecule has 0 radical (unpaired) electrons. The Bertz CT molecular complexity index is 581. The summed E-state index contributed by atoms with van der Waals surface area (Å²) >= 11 is 0. The minimum atomic E-state index is -0.162. The number of hydrogen-bond donors (Lipinski definition) is 1. The number of urea groups is 1. The molecule has 6 nitrogen and oxygen atoms in total. The Morgan fingerprint density at radius 1 is 1.16 bits per heavy atom. The zero-order valence-electron chi connectivity index (χ0n) is 15.5. The first-order chi connectivity index (χ1) is 12.1. The molecule has 1 aliphatic rings. The SMILES string of the molecule is CCN(CC1CCCO1)C(=O)Nc1cccc(C(=O)N(CC)CC)c1. The number of carbonyl (C=O) groups excluding carboxylic acids is 2. The third kappa shape index (κ3) is 5.19. The molecule has 1 N–H and O–H groups in total. The van der Waals surface area contributed by atoms with Gasteiger partial charge in [0.25, 0.3) is 5.91 Å². The van der Waals surface area contributed by atoms with E-state index in [0.29, 0.717) is 37.4 Å². The van der Waals surface area contributed by atoms with Crippen LogP contribution in [0.15, 0.2) is 24.3 Å². The number of likely N-dealkylation sites (N-methyl/N-ethyl adjacent to an activating group) is 1. The molecule has 0 aliphatic carbocycles. The highest BCUT2D eigenvalue weighted by molar-refractivity contribution is 5.96. The Hall–Kier alpha value is -2.08. The zero-order valence-corrected chi connectivity index (χ0v) is 15.5. The van der Waals surface area contributed by atoms with Crippen LogP contribution >= 0.6 is 0 Å². The lowest BCUT2D eigenvalue weighted by Gasteiger charge is -2.24. The number of ether oxygens (including phenoxy) is 1. The minimum absolute atomic E-state index is 0.0206. The number of hydrogen-bond acceptors (Lipinski definition) is 3. The van der Waals surface area contributed by atoms with Crippen LogP contribution in [0, 0.1) is 0 Å². The highest BCUT2D eigenvalue weighted by Crippen LogP contribution is 2.16. The van der Waals surface area contributed by atoms with Gasteiger partial charge in [0.1, 0.15) is 0 Å². The molecule has 0 spiro atoms. The van der Waals surface area contributed by atoms with Gasteiger partial charge in [0, 0.05) is 44.0 Å². The number of nitrogens with one attached hydrogen (secondary N) is 1. The first-order valence-corrected chi connectivity index (χ1v) is 9.15.